The van der Waals surface area contributed by atoms with Crippen LogP contribution in [-0.4, -0.2) is 33.8 Å². The molecule has 0 spiro atoms. The number of halogens is 1. The Morgan fingerprint density at radius 1 is 1.04 bits per heavy atom. The number of nitrogens with one attached hydrogen (secondary N) is 1. The Kier molecular flexibility index (Phi) is 6.49. The Morgan fingerprint density at radius 3 is 2.42 bits per heavy atom. The SMILES string of the molecule is COc1cccc(C(=O)NCCc2cc(OC)c(OC)cc2Br)c1. The van der Waals surface area contributed by atoms with Gasteiger partial charge in [0.1, 0.15) is 5.75 Å². The van der Waals surface area contributed by atoms with Crippen LogP contribution in [0.4, 0.5) is 0 Å². The summed E-state index contributed by atoms with van der Waals surface area (Å²) in [5, 5.41) is 2.90. The summed E-state index contributed by atoms with van der Waals surface area (Å²) in [6, 6.07) is 10.8. The van der Waals surface area contributed by atoms with Gasteiger partial charge in [-0.1, -0.05) is 22.0 Å². The third-order valence-corrected chi connectivity index (χ3v) is 4.30. The zero-order chi connectivity index (χ0) is 17.5. The van der Waals surface area contributed by atoms with E-state index in [9.17, 15) is 4.79 Å². The molecule has 0 radical (unpaired) electrons. The predicted octanol–water partition coefficient (Wildman–Crippen LogP) is 3.45. The molecular formula is C18H20BrNO4. The number of hydrogen-bond donors (Lipinski definition) is 1. The molecule has 0 bridgehead atoms. The highest BCUT2D eigenvalue weighted by Crippen LogP contribution is 2.33. The van der Waals surface area contributed by atoms with Gasteiger partial charge in [0.2, 0.25) is 0 Å². The molecule has 0 aromatic heterocycles. The molecule has 1 amide bonds. The van der Waals surface area contributed by atoms with Gasteiger partial charge >= 0.3 is 0 Å². The average Bonchev–Trinajstić information content (AvgIpc) is 2.62. The molecule has 5 nitrogen and oxygen atoms in total. The maximum absolute atomic E-state index is 12.2. The minimum atomic E-state index is -0.134. The van der Waals surface area contributed by atoms with Crippen LogP contribution in [0.15, 0.2) is 40.9 Å². The molecule has 0 heterocycles. The second kappa shape index (κ2) is 8.59. The largest absolute Gasteiger partial charge is 0.497 e. The zero-order valence-electron chi connectivity index (χ0n) is 13.9. The van der Waals surface area contributed by atoms with E-state index in [0.717, 1.165) is 10.0 Å². The summed E-state index contributed by atoms with van der Waals surface area (Å²) < 4.78 is 16.6. The maximum Gasteiger partial charge on any atom is 0.251 e. The Bertz CT molecular complexity index is 718. The number of carbonyl (C=O) groups is 1. The molecule has 0 aliphatic rings. The monoisotopic (exact) mass is 393 g/mol. The van der Waals surface area contributed by atoms with Crippen molar-refractivity contribution < 1.29 is 19.0 Å². The summed E-state index contributed by atoms with van der Waals surface area (Å²) in [4.78, 5) is 12.2. The quantitative estimate of drug-likeness (QED) is 0.782. The van der Waals surface area contributed by atoms with Crippen LogP contribution in [0.5, 0.6) is 17.2 Å². The summed E-state index contributed by atoms with van der Waals surface area (Å²) in [5.41, 5.74) is 1.60. The van der Waals surface area contributed by atoms with Crippen LogP contribution in [-0.2, 0) is 6.42 Å². The number of methoxy groups -OCH3 is 3. The first-order valence-corrected chi connectivity index (χ1v) is 8.21. The molecular weight excluding hydrogens is 374 g/mol. The van der Waals surface area contributed by atoms with E-state index in [4.69, 9.17) is 14.2 Å². The lowest BCUT2D eigenvalue weighted by Gasteiger charge is -2.12. The second-order valence-electron chi connectivity index (χ2n) is 5.04. The van der Waals surface area contributed by atoms with Crippen LogP contribution in [0.25, 0.3) is 0 Å². The molecule has 0 fully saturated rings. The summed E-state index contributed by atoms with van der Waals surface area (Å²) >= 11 is 3.52. The molecule has 0 unspecified atom stereocenters. The number of carbonyl (C=O) groups excluding carboxylic acids is 1. The van der Waals surface area contributed by atoms with Crippen molar-refractivity contribution in [1.82, 2.24) is 5.32 Å². The van der Waals surface area contributed by atoms with E-state index in [0.29, 0.717) is 35.8 Å². The van der Waals surface area contributed by atoms with Crippen molar-refractivity contribution in [3.8, 4) is 17.2 Å². The number of rotatable bonds is 7. The zero-order valence-corrected chi connectivity index (χ0v) is 15.5. The van der Waals surface area contributed by atoms with E-state index >= 15 is 0 Å². The van der Waals surface area contributed by atoms with Crippen LogP contribution in [0, 0.1) is 0 Å². The maximum atomic E-state index is 12.2. The molecule has 0 aliphatic heterocycles. The molecule has 128 valence electrons. The van der Waals surface area contributed by atoms with Crippen molar-refractivity contribution >= 4 is 21.8 Å². The third kappa shape index (κ3) is 4.41. The molecule has 2 rings (SSSR count). The lowest BCUT2D eigenvalue weighted by atomic mass is 10.1. The van der Waals surface area contributed by atoms with Gasteiger partial charge in [0.05, 0.1) is 21.3 Å². The van der Waals surface area contributed by atoms with E-state index in [2.05, 4.69) is 21.2 Å². The second-order valence-corrected chi connectivity index (χ2v) is 5.89. The van der Waals surface area contributed by atoms with E-state index in [-0.39, 0.29) is 5.91 Å². The first kappa shape index (κ1) is 18.1. The Labute approximate surface area is 150 Å². The number of hydrogen-bond acceptors (Lipinski definition) is 4. The standard InChI is InChI=1S/C18H20BrNO4/c1-22-14-6-4-5-13(9-14)18(21)20-8-7-12-10-16(23-2)17(24-3)11-15(12)19/h4-6,9-11H,7-8H2,1-3H3,(H,20,21). The van der Waals surface area contributed by atoms with Crippen molar-refractivity contribution in [2.75, 3.05) is 27.9 Å². The molecule has 0 saturated carbocycles. The predicted molar refractivity (Wildman–Crippen MR) is 96.3 cm³/mol. The Morgan fingerprint density at radius 2 is 1.75 bits per heavy atom. The van der Waals surface area contributed by atoms with Gasteiger partial charge in [-0.05, 0) is 42.3 Å². The number of amides is 1. The first-order chi connectivity index (χ1) is 11.6. The highest BCUT2D eigenvalue weighted by molar-refractivity contribution is 9.10. The molecule has 2 aromatic rings. The Balaban J connectivity index is 1.99. The fraction of sp³-hybridized carbons (Fsp3) is 0.278. The lowest BCUT2D eigenvalue weighted by Crippen LogP contribution is -2.25. The molecule has 2 aromatic carbocycles. The summed E-state index contributed by atoms with van der Waals surface area (Å²) in [7, 11) is 4.77. The Hall–Kier alpha value is -2.21. The normalized spacial score (nSPS) is 10.2. The van der Waals surface area contributed by atoms with Gasteiger partial charge in [-0.15, -0.1) is 0 Å². The molecule has 6 heteroatoms. The van der Waals surface area contributed by atoms with Gasteiger partial charge in [0.15, 0.2) is 11.5 Å². The minimum Gasteiger partial charge on any atom is -0.497 e. The molecule has 0 aliphatic carbocycles. The number of benzene rings is 2. The summed E-state index contributed by atoms with van der Waals surface area (Å²) in [6.07, 6.45) is 0.663. The van der Waals surface area contributed by atoms with Crippen LogP contribution < -0.4 is 19.5 Å². The third-order valence-electron chi connectivity index (χ3n) is 3.56. The molecule has 0 atom stereocenters. The molecule has 24 heavy (non-hydrogen) atoms. The minimum absolute atomic E-state index is 0.134. The molecule has 0 saturated heterocycles. The van der Waals surface area contributed by atoms with Crippen LogP contribution in [0.3, 0.4) is 0 Å². The van der Waals surface area contributed by atoms with Crippen LogP contribution >= 0.6 is 15.9 Å². The fourth-order valence-electron chi connectivity index (χ4n) is 2.26. The van der Waals surface area contributed by atoms with Crippen LogP contribution in [0.2, 0.25) is 0 Å². The summed E-state index contributed by atoms with van der Waals surface area (Å²) in [6.45, 7) is 0.504. The molecule has 1 N–H and O–H groups in total. The van der Waals surface area contributed by atoms with Crippen LogP contribution in [0.1, 0.15) is 15.9 Å². The lowest BCUT2D eigenvalue weighted by molar-refractivity contribution is 0.0954. The van der Waals surface area contributed by atoms with E-state index < -0.39 is 0 Å². The van der Waals surface area contributed by atoms with Gasteiger partial charge in [-0.2, -0.15) is 0 Å². The van der Waals surface area contributed by atoms with Crippen molar-refractivity contribution in [1.29, 1.82) is 0 Å². The van der Waals surface area contributed by atoms with E-state index in [1.807, 2.05) is 12.1 Å². The smallest absolute Gasteiger partial charge is 0.251 e. The van der Waals surface area contributed by atoms with Gasteiger partial charge < -0.3 is 19.5 Å². The number of ether oxygens (including phenoxy) is 3. The topological polar surface area (TPSA) is 56.8 Å². The highest BCUT2D eigenvalue weighted by Gasteiger charge is 2.11. The summed E-state index contributed by atoms with van der Waals surface area (Å²) in [5.74, 6) is 1.85. The first-order valence-electron chi connectivity index (χ1n) is 7.41. The van der Waals surface area contributed by atoms with Crippen molar-refractivity contribution in [2.24, 2.45) is 0 Å². The fourth-order valence-corrected chi connectivity index (χ4v) is 2.79. The average molecular weight is 394 g/mol. The van der Waals surface area contributed by atoms with Gasteiger partial charge in [-0.25, -0.2) is 0 Å². The van der Waals surface area contributed by atoms with Crippen molar-refractivity contribution in [3.63, 3.8) is 0 Å². The highest BCUT2D eigenvalue weighted by atomic mass is 79.9. The van der Waals surface area contributed by atoms with Gasteiger partial charge in [-0.3, -0.25) is 4.79 Å². The van der Waals surface area contributed by atoms with Gasteiger partial charge in [0.25, 0.3) is 5.91 Å². The van der Waals surface area contributed by atoms with Gasteiger partial charge in [0, 0.05) is 16.6 Å². The van der Waals surface area contributed by atoms with Crippen molar-refractivity contribution in [2.45, 2.75) is 6.42 Å². The van der Waals surface area contributed by atoms with Crippen molar-refractivity contribution in [3.05, 3.63) is 52.0 Å². The van der Waals surface area contributed by atoms with E-state index in [1.165, 1.54) is 0 Å². The van der Waals surface area contributed by atoms with E-state index in [1.54, 1.807) is 45.6 Å².